The Labute approximate surface area is 208 Å². The maximum Gasteiger partial charge on any atom is 0.259 e. The van der Waals surface area contributed by atoms with Gasteiger partial charge < -0.3 is 10.4 Å². The highest BCUT2D eigenvalue weighted by Crippen LogP contribution is 2.43. The average Bonchev–Trinajstić information content (AvgIpc) is 3.00. The molecule has 184 valence electrons. The molecule has 5 rings (SSSR count). The first-order valence-electron chi connectivity index (χ1n) is 11.8. The Morgan fingerprint density at radius 1 is 1.21 bits per heavy atom. The smallest absolute Gasteiger partial charge is 0.259 e. The van der Waals surface area contributed by atoms with Crippen LogP contribution >= 0.6 is 11.6 Å². The lowest BCUT2D eigenvalue weighted by Gasteiger charge is -2.41. The van der Waals surface area contributed by atoms with E-state index in [1.54, 1.807) is 0 Å². The first-order valence-corrected chi connectivity index (χ1v) is 15.2. The van der Waals surface area contributed by atoms with Gasteiger partial charge in [-0.15, -0.1) is 0 Å². The molecule has 10 heteroatoms. The fourth-order valence-corrected chi connectivity index (χ4v) is 8.68. The molecule has 2 fully saturated rings. The quantitative estimate of drug-likeness (QED) is 0.595. The zero-order chi connectivity index (χ0) is 24.1. The van der Waals surface area contributed by atoms with Gasteiger partial charge in [0.05, 0.1) is 43.1 Å². The Kier molecular flexibility index (Phi) is 6.28. The van der Waals surface area contributed by atoms with Crippen LogP contribution in [0.1, 0.15) is 63.1 Å². The number of hydrogen-bond donors (Lipinski definition) is 2. The van der Waals surface area contributed by atoms with Gasteiger partial charge in [0, 0.05) is 22.9 Å². The van der Waals surface area contributed by atoms with Gasteiger partial charge in [-0.2, -0.15) is 9.35 Å². The van der Waals surface area contributed by atoms with E-state index in [1.165, 1.54) is 5.56 Å². The normalized spacial score (nSPS) is 29.2. The fraction of sp³-hybridized carbons (Fsp3) is 0.583. The Hall–Kier alpha value is -1.55. The monoisotopic (exact) mass is 522 g/mol. The van der Waals surface area contributed by atoms with Crippen LogP contribution in [0, 0.1) is 0 Å². The molecule has 0 spiro atoms. The van der Waals surface area contributed by atoms with Gasteiger partial charge in [0.1, 0.15) is 10.7 Å². The maximum absolute atomic E-state index is 13.6. The van der Waals surface area contributed by atoms with Crippen LogP contribution in [0.5, 0.6) is 0 Å². The number of hydrogen-bond acceptors (Lipinski definition) is 7. The number of nitrogens with zero attached hydrogens (tertiary/aromatic N) is 3. The number of halogens is 1. The van der Waals surface area contributed by atoms with Crippen LogP contribution in [0.15, 0.2) is 33.5 Å². The van der Waals surface area contributed by atoms with Gasteiger partial charge in [-0.1, -0.05) is 23.7 Å². The molecule has 3 aliphatic rings. The minimum atomic E-state index is -2.49. The number of fused-ring (bicyclic) bond motifs is 1. The van der Waals surface area contributed by atoms with E-state index in [1.807, 2.05) is 38.1 Å². The summed E-state index contributed by atoms with van der Waals surface area (Å²) in [7, 11) is -3.77. The molecular formula is C24H31ClN4O3S2. The average molecular weight is 523 g/mol. The lowest BCUT2D eigenvalue weighted by molar-refractivity contribution is 0.143. The number of aliphatic hydroxyl groups excluding tert-OH is 1. The molecular weight excluding hydrogens is 492 g/mol. The van der Waals surface area contributed by atoms with Crippen LogP contribution in [0.25, 0.3) is 0 Å². The summed E-state index contributed by atoms with van der Waals surface area (Å²) in [5.74, 6) is 1.98. The van der Waals surface area contributed by atoms with Gasteiger partial charge in [0.2, 0.25) is 0 Å². The predicted octanol–water partition coefficient (Wildman–Crippen LogP) is 4.58. The molecule has 0 radical (unpaired) electrons. The van der Waals surface area contributed by atoms with E-state index in [4.69, 9.17) is 11.6 Å². The number of rotatable bonds is 5. The van der Waals surface area contributed by atoms with Gasteiger partial charge in [0.15, 0.2) is 0 Å². The molecule has 34 heavy (non-hydrogen) atoms. The Morgan fingerprint density at radius 2 is 1.88 bits per heavy atom. The molecule has 7 nitrogen and oxygen atoms in total. The molecule has 2 aromatic rings. The minimum absolute atomic E-state index is 0.0168. The topological polar surface area (TPSA) is 105 Å². The third-order valence-electron chi connectivity index (χ3n) is 7.36. The van der Waals surface area contributed by atoms with E-state index in [9.17, 15) is 13.5 Å². The maximum atomic E-state index is 13.6. The predicted molar refractivity (Wildman–Crippen MR) is 137 cm³/mol. The van der Waals surface area contributed by atoms with Crippen molar-refractivity contribution in [1.29, 1.82) is 0 Å². The standard InChI is InChI=1S/C24H31ClN4O3S2/c1-23(2)14-19-20(33(23)31)21(28-24(15-30)10-3-11-24)27-22(26-19)29-34(32)12-8-17(9-13-34)16-4-6-18(25)7-5-16/h4-7,17,30H,3,8-15H2,1-2H3,(H,26,27,28). The summed E-state index contributed by atoms with van der Waals surface area (Å²) in [5.41, 5.74) is 1.46. The van der Waals surface area contributed by atoms with E-state index in [0.717, 1.165) is 32.1 Å². The van der Waals surface area contributed by atoms with Gasteiger partial charge >= 0.3 is 0 Å². The number of benzene rings is 1. The molecule has 0 bridgehead atoms. The van der Waals surface area contributed by atoms with Gasteiger partial charge in [-0.05, 0) is 69.6 Å². The summed E-state index contributed by atoms with van der Waals surface area (Å²) >= 11 is 6.02. The summed E-state index contributed by atoms with van der Waals surface area (Å²) < 4.78 is 31.0. The number of aliphatic hydroxyl groups is 1. The summed E-state index contributed by atoms with van der Waals surface area (Å²) in [5, 5.41) is 14.1. The highest BCUT2D eigenvalue weighted by atomic mass is 35.5. The molecule has 1 aromatic heterocycles. The van der Waals surface area contributed by atoms with Crippen molar-refractivity contribution in [3.8, 4) is 0 Å². The third-order valence-corrected chi connectivity index (χ3v) is 11.8. The highest BCUT2D eigenvalue weighted by molar-refractivity contribution is 7.93. The molecule has 1 atom stereocenters. The van der Waals surface area contributed by atoms with Crippen molar-refractivity contribution < 1.29 is 13.5 Å². The fourth-order valence-electron chi connectivity index (χ4n) is 5.05. The number of nitrogens with one attached hydrogen (secondary N) is 1. The van der Waals surface area contributed by atoms with Gasteiger partial charge in [-0.3, -0.25) is 4.21 Å². The summed E-state index contributed by atoms with van der Waals surface area (Å²) in [4.78, 5) is 9.84. The van der Waals surface area contributed by atoms with Crippen molar-refractivity contribution >= 4 is 43.9 Å². The van der Waals surface area contributed by atoms with E-state index < -0.39 is 30.8 Å². The van der Waals surface area contributed by atoms with Crippen molar-refractivity contribution in [2.24, 2.45) is 4.36 Å². The van der Waals surface area contributed by atoms with Gasteiger partial charge in [-0.25, -0.2) is 9.19 Å². The lowest BCUT2D eigenvalue weighted by Crippen LogP contribution is -2.48. The van der Waals surface area contributed by atoms with E-state index in [0.29, 0.717) is 45.3 Å². The summed E-state index contributed by atoms with van der Waals surface area (Å²) in [6, 6.07) is 7.87. The van der Waals surface area contributed by atoms with Crippen LogP contribution in [0.4, 0.5) is 11.8 Å². The molecule has 3 heterocycles. The van der Waals surface area contributed by atoms with Crippen LogP contribution in [0.2, 0.25) is 5.02 Å². The second kappa shape index (κ2) is 8.84. The van der Waals surface area contributed by atoms with Crippen LogP contribution in [-0.4, -0.2) is 51.9 Å². The number of anilines is 1. The third kappa shape index (κ3) is 4.52. The summed E-state index contributed by atoms with van der Waals surface area (Å²) in [6.07, 6.45) is 4.78. The Morgan fingerprint density at radius 3 is 2.47 bits per heavy atom. The SMILES string of the molecule is CC1(C)Cc2nc(N=S3(=O)CCC(c4ccc(Cl)cc4)CC3)nc(NC3(CO)CCC3)c2S1=O. The molecule has 2 aliphatic heterocycles. The van der Waals surface area contributed by atoms with Crippen molar-refractivity contribution in [2.75, 3.05) is 23.4 Å². The van der Waals surface area contributed by atoms with E-state index in [2.05, 4.69) is 19.6 Å². The van der Waals surface area contributed by atoms with Crippen LogP contribution < -0.4 is 5.32 Å². The molecule has 1 saturated heterocycles. The first-order chi connectivity index (χ1) is 16.1. The molecule has 1 aliphatic carbocycles. The molecule has 0 amide bonds. The van der Waals surface area contributed by atoms with Gasteiger partial charge in [0.25, 0.3) is 5.95 Å². The number of aromatic nitrogens is 2. The van der Waals surface area contributed by atoms with E-state index >= 15 is 0 Å². The first kappa shape index (κ1) is 24.2. The molecule has 1 aromatic carbocycles. The van der Waals surface area contributed by atoms with Crippen molar-refractivity contribution in [3.05, 3.63) is 40.5 Å². The van der Waals surface area contributed by atoms with Crippen molar-refractivity contribution in [2.45, 2.75) is 73.5 Å². The van der Waals surface area contributed by atoms with Crippen LogP contribution in [0.3, 0.4) is 0 Å². The Bertz CT molecular complexity index is 1230. The lowest BCUT2D eigenvalue weighted by atomic mass is 9.77. The molecule has 2 N–H and O–H groups in total. The van der Waals surface area contributed by atoms with Crippen molar-refractivity contribution in [1.82, 2.24) is 9.97 Å². The Balaban J connectivity index is 1.45. The largest absolute Gasteiger partial charge is 0.394 e. The summed E-state index contributed by atoms with van der Waals surface area (Å²) in [6.45, 7) is 3.89. The molecule has 1 saturated carbocycles. The van der Waals surface area contributed by atoms with E-state index in [-0.39, 0.29) is 12.6 Å². The minimum Gasteiger partial charge on any atom is -0.394 e. The zero-order valence-electron chi connectivity index (χ0n) is 19.6. The highest BCUT2D eigenvalue weighted by Gasteiger charge is 2.43. The second-order valence-electron chi connectivity index (χ2n) is 10.4. The zero-order valence-corrected chi connectivity index (χ0v) is 21.9. The van der Waals surface area contributed by atoms with Crippen molar-refractivity contribution in [3.63, 3.8) is 0 Å². The van der Waals surface area contributed by atoms with Crippen LogP contribution in [-0.2, 0) is 26.9 Å². The second-order valence-corrected chi connectivity index (χ2v) is 15.4. The molecule has 1 unspecified atom stereocenters.